The molecular weight excluding hydrogens is 278 g/mol. The molecule has 1 aliphatic heterocycles. The van der Waals surface area contributed by atoms with Crippen LogP contribution in [0.5, 0.6) is 0 Å². The quantitative estimate of drug-likeness (QED) is 0.779. The minimum Gasteiger partial charge on any atom is -0.339 e. The molecule has 0 radical (unpaired) electrons. The van der Waals surface area contributed by atoms with Crippen molar-refractivity contribution in [3.05, 3.63) is 48.5 Å². The molecule has 3 rings (SSSR count). The molecule has 0 aliphatic carbocycles. The van der Waals surface area contributed by atoms with Gasteiger partial charge in [0.1, 0.15) is 0 Å². The number of halogens is 1. The molecule has 4 heteroatoms. The summed E-state index contributed by atoms with van der Waals surface area (Å²) in [7, 11) is 0. The second kappa shape index (κ2) is 5.27. The molecule has 2 aromatic carbocycles. The molecule has 0 saturated heterocycles. The predicted octanol–water partition coefficient (Wildman–Crippen LogP) is 4.44. The van der Waals surface area contributed by atoms with Crippen LogP contribution in [-0.2, 0) is 4.79 Å². The van der Waals surface area contributed by atoms with Crippen LogP contribution in [0.2, 0.25) is 0 Å². The van der Waals surface area contributed by atoms with Gasteiger partial charge in [-0.25, -0.2) is 0 Å². The van der Waals surface area contributed by atoms with E-state index in [-0.39, 0.29) is 5.24 Å². The molecular formula is C15H12ClNOS. The van der Waals surface area contributed by atoms with Crippen molar-refractivity contribution in [3.63, 3.8) is 0 Å². The van der Waals surface area contributed by atoms with Crippen LogP contribution in [-0.4, -0.2) is 11.8 Å². The molecule has 2 nitrogen and oxygen atoms in total. The Hall–Kier alpha value is -1.45. The average molecular weight is 290 g/mol. The molecule has 0 unspecified atom stereocenters. The van der Waals surface area contributed by atoms with Crippen molar-refractivity contribution in [1.82, 2.24) is 0 Å². The number of hydrogen-bond donors (Lipinski definition) is 0. The van der Waals surface area contributed by atoms with Crippen LogP contribution >= 0.6 is 23.4 Å². The molecule has 19 heavy (non-hydrogen) atoms. The van der Waals surface area contributed by atoms with E-state index in [0.29, 0.717) is 13.0 Å². The van der Waals surface area contributed by atoms with E-state index >= 15 is 0 Å². The average Bonchev–Trinajstić information content (AvgIpc) is 2.43. The smallest absolute Gasteiger partial charge is 0.223 e. The van der Waals surface area contributed by atoms with E-state index < -0.39 is 0 Å². The van der Waals surface area contributed by atoms with Gasteiger partial charge in [0.25, 0.3) is 0 Å². The minimum atomic E-state index is -0.298. The number of rotatable bonds is 3. The van der Waals surface area contributed by atoms with Crippen LogP contribution in [0.25, 0.3) is 0 Å². The Labute approximate surface area is 121 Å². The summed E-state index contributed by atoms with van der Waals surface area (Å²) >= 11 is 7.24. The second-order valence-corrected chi connectivity index (χ2v) is 5.80. The Morgan fingerprint density at radius 2 is 1.53 bits per heavy atom. The second-order valence-electron chi connectivity index (χ2n) is 4.29. The lowest BCUT2D eigenvalue weighted by atomic mass is 10.2. The van der Waals surface area contributed by atoms with E-state index in [9.17, 15) is 4.79 Å². The highest BCUT2D eigenvalue weighted by atomic mass is 35.5. The largest absolute Gasteiger partial charge is 0.339 e. The molecule has 0 bridgehead atoms. The summed E-state index contributed by atoms with van der Waals surface area (Å²) < 4.78 is 0. The lowest BCUT2D eigenvalue weighted by Gasteiger charge is -2.32. The first kappa shape index (κ1) is 12.6. The highest BCUT2D eigenvalue weighted by Gasteiger charge is 2.22. The summed E-state index contributed by atoms with van der Waals surface area (Å²) in [6, 6.07) is 16.5. The number of anilines is 2. The van der Waals surface area contributed by atoms with E-state index in [1.807, 2.05) is 24.3 Å². The van der Waals surface area contributed by atoms with Crippen molar-refractivity contribution in [2.75, 3.05) is 11.4 Å². The summed E-state index contributed by atoms with van der Waals surface area (Å²) in [6.07, 6.45) is 0.342. The number of carbonyl (C=O) groups is 1. The van der Waals surface area contributed by atoms with Crippen LogP contribution in [0.4, 0.5) is 11.4 Å². The minimum absolute atomic E-state index is 0.298. The van der Waals surface area contributed by atoms with Crippen molar-refractivity contribution < 1.29 is 4.79 Å². The Kier molecular flexibility index (Phi) is 3.49. The summed E-state index contributed by atoms with van der Waals surface area (Å²) in [5.74, 6) is 0. The van der Waals surface area contributed by atoms with Crippen molar-refractivity contribution >= 4 is 40.0 Å². The Morgan fingerprint density at radius 3 is 2.05 bits per heavy atom. The van der Waals surface area contributed by atoms with Gasteiger partial charge in [0.05, 0.1) is 11.4 Å². The van der Waals surface area contributed by atoms with Crippen molar-refractivity contribution in [3.8, 4) is 0 Å². The number of benzene rings is 2. The number of carbonyl (C=O) groups excluding carboxylic acids is 1. The first-order chi connectivity index (χ1) is 9.25. The molecule has 0 spiro atoms. The van der Waals surface area contributed by atoms with Crippen LogP contribution in [0.15, 0.2) is 58.3 Å². The number of fused-ring (bicyclic) bond motifs is 2. The molecule has 0 aromatic heterocycles. The highest BCUT2D eigenvalue weighted by molar-refractivity contribution is 7.99. The number of nitrogens with zero attached hydrogens (tertiary/aromatic N) is 1. The molecule has 0 atom stereocenters. The normalized spacial score (nSPS) is 12.8. The summed E-state index contributed by atoms with van der Waals surface area (Å²) in [5, 5.41) is -0.298. The third kappa shape index (κ3) is 2.48. The predicted molar refractivity (Wildman–Crippen MR) is 79.5 cm³/mol. The van der Waals surface area contributed by atoms with Crippen LogP contribution < -0.4 is 4.90 Å². The van der Waals surface area contributed by atoms with Crippen molar-refractivity contribution in [2.24, 2.45) is 0 Å². The van der Waals surface area contributed by atoms with Gasteiger partial charge in [0.15, 0.2) is 0 Å². The zero-order valence-corrected chi connectivity index (χ0v) is 11.7. The van der Waals surface area contributed by atoms with Gasteiger partial charge in [-0.2, -0.15) is 0 Å². The summed E-state index contributed by atoms with van der Waals surface area (Å²) in [6.45, 7) is 0.608. The molecule has 0 amide bonds. The standard InChI is InChI=1S/C15H12ClNOS/c16-15(18)9-10-17-11-5-1-3-7-13(11)19-14-8-4-2-6-12(14)17/h1-8H,9-10H2. The number of para-hydroxylation sites is 2. The summed E-state index contributed by atoms with van der Waals surface area (Å²) in [5.41, 5.74) is 2.29. The van der Waals surface area contributed by atoms with Crippen LogP contribution in [0.1, 0.15) is 6.42 Å². The zero-order chi connectivity index (χ0) is 13.2. The molecule has 0 N–H and O–H groups in total. The van der Waals surface area contributed by atoms with E-state index in [0.717, 1.165) is 11.4 Å². The van der Waals surface area contributed by atoms with Gasteiger partial charge >= 0.3 is 0 Å². The maximum Gasteiger partial charge on any atom is 0.223 e. The Balaban J connectivity index is 2.03. The third-order valence-corrected chi connectivity index (χ3v) is 4.38. The fraction of sp³-hybridized carbons (Fsp3) is 0.133. The Morgan fingerprint density at radius 1 is 1.00 bits per heavy atom. The van der Waals surface area contributed by atoms with Gasteiger partial charge in [-0.05, 0) is 35.9 Å². The molecule has 1 aliphatic rings. The van der Waals surface area contributed by atoms with E-state index in [4.69, 9.17) is 11.6 Å². The molecule has 1 heterocycles. The lowest BCUT2D eigenvalue weighted by Crippen LogP contribution is -2.22. The van der Waals surface area contributed by atoms with Gasteiger partial charge in [-0.15, -0.1) is 0 Å². The van der Waals surface area contributed by atoms with Crippen molar-refractivity contribution in [2.45, 2.75) is 16.2 Å². The SMILES string of the molecule is O=C(Cl)CCN1c2ccccc2Sc2ccccc21. The molecule has 0 fully saturated rings. The summed E-state index contributed by atoms with van der Waals surface area (Å²) in [4.78, 5) is 15.6. The van der Waals surface area contributed by atoms with E-state index in [2.05, 4.69) is 29.2 Å². The van der Waals surface area contributed by atoms with E-state index in [1.54, 1.807) is 11.8 Å². The van der Waals surface area contributed by atoms with Crippen molar-refractivity contribution in [1.29, 1.82) is 0 Å². The maximum atomic E-state index is 11.0. The highest BCUT2D eigenvalue weighted by Crippen LogP contribution is 2.47. The zero-order valence-electron chi connectivity index (χ0n) is 10.2. The van der Waals surface area contributed by atoms with Gasteiger partial charge in [0, 0.05) is 22.8 Å². The van der Waals surface area contributed by atoms with Gasteiger partial charge in [-0.3, -0.25) is 4.79 Å². The molecule has 96 valence electrons. The van der Waals surface area contributed by atoms with Crippen LogP contribution in [0.3, 0.4) is 0 Å². The van der Waals surface area contributed by atoms with Gasteiger partial charge < -0.3 is 4.90 Å². The third-order valence-electron chi connectivity index (χ3n) is 3.06. The lowest BCUT2D eigenvalue weighted by molar-refractivity contribution is -0.111. The maximum absolute atomic E-state index is 11.0. The first-order valence-electron chi connectivity index (χ1n) is 6.07. The molecule has 2 aromatic rings. The Bertz CT molecular complexity index is 584. The van der Waals surface area contributed by atoms with Gasteiger partial charge in [-0.1, -0.05) is 36.0 Å². The number of hydrogen-bond acceptors (Lipinski definition) is 3. The monoisotopic (exact) mass is 289 g/mol. The fourth-order valence-electron chi connectivity index (χ4n) is 2.22. The topological polar surface area (TPSA) is 20.3 Å². The fourth-order valence-corrected chi connectivity index (χ4v) is 3.40. The first-order valence-corrected chi connectivity index (χ1v) is 7.27. The van der Waals surface area contributed by atoms with E-state index in [1.165, 1.54) is 9.79 Å². The molecule has 0 saturated carbocycles. The van der Waals surface area contributed by atoms with Crippen LogP contribution in [0, 0.1) is 0 Å². The van der Waals surface area contributed by atoms with Gasteiger partial charge in [0.2, 0.25) is 5.24 Å².